The van der Waals surface area contributed by atoms with E-state index in [1.54, 1.807) is 13.2 Å². The molecule has 1 N–H and O–H groups in total. The van der Waals surface area contributed by atoms with Crippen LogP contribution in [0.25, 0.3) is 6.08 Å². The third-order valence-corrected chi connectivity index (χ3v) is 3.86. The number of fused-ring (bicyclic) bond motifs is 1. The van der Waals surface area contributed by atoms with Gasteiger partial charge in [0.2, 0.25) is 0 Å². The van der Waals surface area contributed by atoms with E-state index in [9.17, 15) is 5.11 Å². The van der Waals surface area contributed by atoms with Crippen molar-refractivity contribution < 1.29 is 9.84 Å². The molecule has 1 unspecified atom stereocenters. The highest BCUT2D eigenvalue weighted by atomic mass is 16.5. The summed E-state index contributed by atoms with van der Waals surface area (Å²) in [4.78, 5) is 0. The standard InChI is InChI=1S/C18H18O2/c1-20-16-9-6-13(7-10-16)11-14-5-8-15-3-2-4-18(19)17(15)12-14/h2-10,14,19H,11-12H2,1H3. The van der Waals surface area contributed by atoms with Crippen LogP contribution in [0.1, 0.15) is 16.7 Å². The van der Waals surface area contributed by atoms with Gasteiger partial charge in [-0.2, -0.15) is 0 Å². The number of allylic oxidation sites excluding steroid dienone is 1. The van der Waals surface area contributed by atoms with Gasteiger partial charge in [-0.25, -0.2) is 0 Å². The van der Waals surface area contributed by atoms with E-state index in [4.69, 9.17) is 4.74 Å². The number of phenolic OH excluding ortho intramolecular Hbond substituents is 1. The highest BCUT2D eigenvalue weighted by Gasteiger charge is 2.16. The Bertz CT molecular complexity index is 626. The fourth-order valence-corrected chi connectivity index (χ4v) is 2.75. The van der Waals surface area contributed by atoms with Gasteiger partial charge in [-0.15, -0.1) is 0 Å². The summed E-state index contributed by atoms with van der Waals surface area (Å²) in [7, 11) is 1.68. The third kappa shape index (κ3) is 2.55. The molecule has 3 rings (SSSR count). The van der Waals surface area contributed by atoms with E-state index in [1.165, 1.54) is 5.56 Å². The minimum absolute atomic E-state index is 0.409. The van der Waals surface area contributed by atoms with Crippen molar-refractivity contribution in [1.29, 1.82) is 0 Å². The Kier molecular flexibility index (Phi) is 3.46. The topological polar surface area (TPSA) is 29.5 Å². The van der Waals surface area contributed by atoms with Crippen LogP contribution in [0.15, 0.2) is 48.5 Å². The molecule has 102 valence electrons. The third-order valence-electron chi connectivity index (χ3n) is 3.86. The zero-order chi connectivity index (χ0) is 13.9. The van der Waals surface area contributed by atoms with Crippen LogP contribution in [0.4, 0.5) is 0 Å². The fraction of sp³-hybridized carbons (Fsp3) is 0.222. The number of aromatic hydroxyl groups is 1. The monoisotopic (exact) mass is 266 g/mol. The molecule has 1 aliphatic rings. The molecule has 2 aromatic rings. The summed E-state index contributed by atoms with van der Waals surface area (Å²) in [5, 5.41) is 9.96. The molecule has 2 nitrogen and oxygen atoms in total. The number of phenols is 1. The molecule has 0 fully saturated rings. The highest BCUT2D eigenvalue weighted by Crippen LogP contribution is 2.31. The molecule has 0 heterocycles. The molecule has 2 heteroatoms. The van der Waals surface area contributed by atoms with Crippen LogP contribution >= 0.6 is 0 Å². The molecular weight excluding hydrogens is 248 g/mol. The summed E-state index contributed by atoms with van der Waals surface area (Å²) in [6.45, 7) is 0. The van der Waals surface area contributed by atoms with Crippen molar-refractivity contribution in [2.75, 3.05) is 7.11 Å². The minimum Gasteiger partial charge on any atom is -0.508 e. The van der Waals surface area contributed by atoms with Crippen molar-refractivity contribution in [2.45, 2.75) is 12.8 Å². The van der Waals surface area contributed by atoms with Crippen LogP contribution in [0.2, 0.25) is 0 Å². The van der Waals surface area contributed by atoms with Crippen LogP contribution < -0.4 is 4.74 Å². The minimum atomic E-state index is 0.409. The van der Waals surface area contributed by atoms with E-state index in [0.29, 0.717) is 11.7 Å². The molecule has 20 heavy (non-hydrogen) atoms. The highest BCUT2D eigenvalue weighted by molar-refractivity contribution is 5.60. The first-order valence-electron chi connectivity index (χ1n) is 6.88. The van der Waals surface area contributed by atoms with Crippen LogP contribution in [-0.4, -0.2) is 12.2 Å². The Balaban J connectivity index is 1.75. The van der Waals surface area contributed by atoms with Crippen LogP contribution in [-0.2, 0) is 12.8 Å². The molecule has 0 bridgehead atoms. The van der Waals surface area contributed by atoms with Crippen LogP contribution in [0.3, 0.4) is 0 Å². The summed E-state index contributed by atoms with van der Waals surface area (Å²) in [6, 6.07) is 13.9. The number of methoxy groups -OCH3 is 1. The summed E-state index contributed by atoms with van der Waals surface area (Å²) in [5.41, 5.74) is 3.49. The summed E-state index contributed by atoms with van der Waals surface area (Å²) in [5.74, 6) is 1.73. The van der Waals surface area contributed by atoms with E-state index in [1.807, 2.05) is 18.2 Å². The molecule has 2 aromatic carbocycles. The SMILES string of the molecule is COc1ccc(CC2C=Cc3cccc(O)c3C2)cc1. The van der Waals surface area contributed by atoms with Crippen molar-refractivity contribution in [1.82, 2.24) is 0 Å². The van der Waals surface area contributed by atoms with Crippen LogP contribution in [0, 0.1) is 5.92 Å². The predicted octanol–water partition coefficient (Wildman–Crippen LogP) is 3.83. The van der Waals surface area contributed by atoms with Gasteiger partial charge in [0.05, 0.1) is 7.11 Å². The maximum atomic E-state index is 9.96. The van der Waals surface area contributed by atoms with Gasteiger partial charge in [-0.3, -0.25) is 0 Å². The number of rotatable bonds is 3. The average Bonchev–Trinajstić information content (AvgIpc) is 2.49. The van der Waals surface area contributed by atoms with Crippen molar-refractivity contribution in [3.63, 3.8) is 0 Å². The van der Waals surface area contributed by atoms with Gasteiger partial charge in [0.25, 0.3) is 0 Å². The van der Waals surface area contributed by atoms with Crippen molar-refractivity contribution in [3.8, 4) is 11.5 Å². The Morgan fingerprint density at radius 1 is 1.15 bits per heavy atom. The molecule has 1 atom stereocenters. The molecular formula is C18H18O2. The van der Waals surface area contributed by atoms with Gasteiger partial charge in [0.1, 0.15) is 11.5 Å². The normalized spacial score (nSPS) is 16.8. The predicted molar refractivity (Wildman–Crippen MR) is 81.0 cm³/mol. The van der Waals surface area contributed by atoms with Gasteiger partial charge in [-0.05, 0) is 48.1 Å². The second-order valence-electron chi connectivity index (χ2n) is 5.22. The van der Waals surface area contributed by atoms with E-state index >= 15 is 0 Å². The zero-order valence-corrected chi connectivity index (χ0v) is 11.5. The van der Waals surface area contributed by atoms with Crippen molar-refractivity contribution >= 4 is 6.08 Å². The molecule has 0 saturated heterocycles. The Hall–Kier alpha value is -2.22. The summed E-state index contributed by atoms with van der Waals surface area (Å²) < 4.78 is 5.17. The smallest absolute Gasteiger partial charge is 0.119 e. The second kappa shape index (κ2) is 5.41. The molecule has 0 aliphatic heterocycles. The Morgan fingerprint density at radius 3 is 2.70 bits per heavy atom. The first-order chi connectivity index (χ1) is 9.76. The molecule has 0 amide bonds. The van der Waals surface area contributed by atoms with E-state index in [0.717, 1.165) is 29.7 Å². The summed E-state index contributed by atoms with van der Waals surface area (Å²) >= 11 is 0. The van der Waals surface area contributed by atoms with E-state index in [2.05, 4.69) is 30.4 Å². The lowest BCUT2D eigenvalue weighted by molar-refractivity contribution is 0.414. The lowest BCUT2D eigenvalue weighted by Gasteiger charge is -2.20. The van der Waals surface area contributed by atoms with Crippen molar-refractivity contribution in [2.24, 2.45) is 5.92 Å². The second-order valence-corrected chi connectivity index (χ2v) is 5.22. The number of hydrogen-bond acceptors (Lipinski definition) is 2. The van der Waals surface area contributed by atoms with Gasteiger partial charge < -0.3 is 9.84 Å². The largest absolute Gasteiger partial charge is 0.508 e. The first-order valence-corrected chi connectivity index (χ1v) is 6.88. The summed E-state index contributed by atoms with van der Waals surface area (Å²) in [6.07, 6.45) is 6.23. The average molecular weight is 266 g/mol. The van der Waals surface area contributed by atoms with E-state index < -0.39 is 0 Å². The van der Waals surface area contributed by atoms with E-state index in [-0.39, 0.29) is 0 Å². The fourth-order valence-electron chi connectivity index (χ4n) is 2.75. The molecule has 0 radical (unpaired) electrons. The number of benzene rings is 2. The zero-order valence-electron chi connectivity index (χ0n) is 11.5. The lowest BCUT2D eigenvalue weighted by Crippen LogP contribution is -2.10. The molecule has 0 spiro atoms. The maximum absolute atomic E-state index is 9.96. The van der Waals surface area contributed by atoms with Gasteiger partial charge in [-0.1, -0.05) is 36.4 Å². The molecule has 0 saturated carbocycles. The maximum Gasteiger partial charge on any atom is 0.119 e. The van der Waals surface area contributed by atoms with Gasteiger partial charge in [0.15, 0.2) is 0 Å². The molecule has 0 aromatic heterocycles. The number of hydrogen-bond donors (Lipinski definition) is 1. The first kappa shape index (κ1) is 12.8. The molecule has 1 aliphatic carbocycles. The van der Waals surface area contributed by atoms with Gasteiger partial charge in [0, 0.05) is 5.56 Å². The van der Waals surface area contributed by atoms with Gasteiger partial charge >= 0.3 is 0 Å². The van der Waals surface area contributed by atoms with Crippen molar-refractivity contribution in [3.05, 3.63) is 65.2 Å². The Morgan fingerprint density at radius 2 is 1.95 bits per heavy atom. The number of ether oxygens (including phenoxy) is 1. The Labute approximate surface area is 119 Å². The quantitative estimate of drug-likeness (QED) is 0.915. The van der Waals surface area contributed by atoms with Crippen LogP contribution in [0.5, 0.6) is 11.5 Å². The lowest BCUT2D eigenvalue weighted by atomic mass is 9.85.